The SMILES string of the molecule is CCCN(CC)C(=O)c1ccc(C(=O)N2CCNCC2c2cccc(F)c2)cc1.Cl. The van der Waals surface area contributed by atoms with Crippen molar-refractivity contribution in [1.29, 1.82) is 0 Å². The molecule has 1 aliphatic heterocycles. The summed E-state index contributed by atoms with van der Waals surface area (Å²) < 4.78 is 13.7. The highest BCUT2D eigenvalue weighted by atomic mass is 35.5. The Morgan fingerprint density at radius 3 is 2.47 bits per heavy atom. The van der Waals surface area contributed by atoms with Crippen molar-refractivity contribution in [2.45, 2.75) is 26.3 Å². The molecule has 0 radical (unpaired) electrons. The first-order chi connectivity index (χ1) is 14.0. The average Bonchev–Trinajstić information content (AvgIpc) is 2.76. The minimum atomic E-state index is -0.309. The third kappa shape index (κ3) is 5.37. The van der Waals surface area contributed by atoms with E-state index in [0.717, 1.165) is 12.0 Å². The molecule has 0 aromatic heterocycles. The molecule has 0 bridgehead atoms. The van der Waals surface area contributed by atoms with Crippen LogP contribution in [0.25, 0.3) is 0 Å². The van der Waals surface area contributed by atoms with Crippen LogP contribution < -0.4 is 5.32 Å². The fraction of sp³-hybridized carbons (Fsp3) is 0.391. The Balaban J connectivity index is 0.00000320. The van der Waals surface area contributed by atoms with E-state index in [1.807, 2.05) is 19.9 Å². The zero-order chi connectivity index (χ0) is 20.8. The molecular formula is C23H29ClFN3O2. The molecule has 1 heterocycles. The Morgan fingerprint density at radius 2 is 1.83 bits per heavy atom. The lowest BCUT2D eigenvalue weighted by atomic mass is 10.0. The smallest absolute Gasteiger partial charge is 0.254 e. The van der Waals surface area contributed by atoms with Crippen molar-refractivity contribution in [1.82, 2.24) is 15.1 Å². The summed E-state index contributed by atoms with van der Waals surface area (Å²) in [6.45, 7) is 7.18. The van der Waals surface area contributed by atoms with Crippen molar-refractivity contribution in [3.05, 3.63) is 71.0 Å². The van der Waals surface area contributed by atoms with Crippen LogP contribution in [0, 0.1) is 5.82 Å². The van der Waals surface area contributed by atoms with Crippen LogP contribution in [0.5, 0.6) is 0 Å². The van der Waals surface area contributed by atoms with E-state index >= 15 is 0 Å². The van der Waals surface area contributed by atoms with E-state index in [-0.39, 0.29) is 36.1 Å². The highest BCUT2D eigenvalue weighted by Gasteiger charge is 2.29. The normalized spacial score (nSPS) is 16.0. The monoisotopic (exact) mass is 433 g/mol. The van der Waals surface area contributed by atoms with Crippen LogP contribution in [0.4, 0.5) is 4.39 Å². The molecule has 7 heteroatoms. The summed E-state index contributed by atoms with van der Waals surface area (Å²) >= 11 is 0. The molecule has 1 atom stereocenters. The van der Waals surface area contributed by atoms with Crippen LogP contribution in [0.15, 0.2) is 48.5 Å². The maximum atomic E-state index is 13.7. The van der Waals surface area contributed by atoms with Crippen LogP contribution in [-0.4, -0.2) is 54.3 Å². The Morgan fingerprint density at radius 1 is 1.13 bits per heavy atom. The molecule has 30 heavy (non-hydrogen) atoms. The van der Waals surface area contributed by atoms with E-state index in [4.69, 9.17) is 0 Å². The number of carbonyl (C=O) groups excluding carboxylic acids is 2. The van der Waals surface area contributed by atoms with Crippen LogP contribution in [-0.2, 0) is 0 Å². The molecule has 5 nitrogen and oxygen atoms in total. The fourth-order valence-corrected chi connectivity index (χ4v) is 3.74. The van der Waals surface area contributed by atoms with Crippen LogP contribution in [0.2, 0.25) is 0 Å². The van der Waals surface area contributed by atoms with Gasteiger partial charge in [-0.1, -0.05) is 19.1 Å². The standard InChI is InChI=1S/C23H28FN3O2.ClH/c1-3-13-26(4-2)22(28)17-8-10-18(11-9-17)23(29)27-14-12-25-16-21(27)19-6-5-7-20(24)15-19;/h5-11,15,21,25H,3-4,12-14,16H2,1-2H3;1H. The Labute approximate surface area is 183 Å². The van der Waals surface area contributed by atoms with Gasteiger partial charge in [0.15, 0.2) is 0 Å². The van der Waals surface area contributed by atoms with Crippen molar-refractivity contribution < 1.29 is 14.0 Å². The van der Waals surface area contributed by atoms with Crippen LogP contribution in [0.3, 0.4) is 0 Å². The second kappa shape index (κ2) is 11.1. The fourth-order valence-electron chi connectivity index (χ4n) is 3.74. The zero-order valence-corrected chi connectivity index (χ0v) is 18.3. The molecule has 0 saturated carbocycles. The number of nitrogens with zero attached hydrogens (tertiary/aromatic N) is 2. The van der Waals surface area contributed by atoms with Gasteiger partial charge in [-0.3, -0.25) is 9.59 Å². The largest absolute Gasteiger partial charge is 0.339 e. The summed E-state index contributed by atoms with van der Waals surface area (Å²) in [7, 11) is 0. The van der Waals surface area contributed by atoms with E-state index in [9.17, 15) is 14.0 Å². The number of rotatable bonds is 6. The quantitative estimate of drug-likeness (QED) is 0.751. The summed E-state index contributed by atoms with van der Waals surface area (Å²) in [5.74, 6) is -0.440. The van der Waals surface area contributed by atoms with Crippen molar-refractivity contribution in [3.8, 4) is 0 Å². The van der Waals surface area contributed by atoms with Gasteiger partial charge in [0, 0.05) is 43.9 Å². The maximum Gasteiger partial charge on any atom is 0.254 e. The van der Waals surface area contributed by atoms with Gasteiger partial charge in [-0.2, -0.15) is 0 Å². The predicted octanol–water partition coefficient (Wildman–Crippen LogP) is 3.91. The molecule has 1 N–H and O–H groups in total. The molecule has 1 unspecified atom stereocenters. The highest BCUT2D eigenvalue weighted by molar-refractivity contribution is 5.98. The second-order valence-electron chi connectivity index (χ2n) is 7.24. The number of benzene rings is 2. The topological polar surface area (TPSA) is 52.7 Å². The molecule has 2 aromatic carbocycles. The molecule has 162 valence electrons. The number of carbonyl (C=O) groups is 2. The summed E-state index contributed by atoms with van der Waals surface area (Å²) in [5.41, 5.74) is 1.89. The molecule has 1 aliphatic rings. The molecule has 0 aliphatic carbocycles. The third-order valence-electron chi connectivity index (χ3n) is 5.28. The van der Waals surface area contributed by atoms with E-state index in [1.54, 1.807) is 40.1 Å². The molecule has 2 aromatic rings. The van der Waals surface area contributed by atoms with Gasteiger partial charge in [0.05, 0.1) is 6.04 Å². The number of amides is 2. The van der Waals surface area contributed by atoms with E-state index in [2.05, 4.69) is 5.32 Å². The lowest BCUT2D eigenvalue weighted by Gasteiger charge is -2.36. The Bertz CT molecular complexity index is 860. The summed E-state index contributed by atoms with van der Waals surface area (Å²) in [6, 6.07) is 13.0. The number of piperazine rings is 1. The van der Waals surface area contributed by atoms with E-state index in [0.29, 0.717) is 43.9 Å². The first-order valence-corrected chi connectivity index (χ1v) is 10.2. The maximum absolute atomic E-state index is 13.7. The Kier molecular flexibility index (Phi) is 8.81. The lowest BCUT2D eigenvalue weighted by Crippen LogP contribution is -2.48. The van der Waals surface area contributed by atoms with Crippen molar-refractivity contribution in [2.75, 3.05) is 32.7 Å². The first kappa shape index (κ1) is 23.8. The third-order valence-corrected chi connectivity index (χ3v) is 5.28. The van der Waals surface area contributed by atoms with Gasteiger partial charge in [0.25, 0.3) is 11.8 Å². The molecule has 1 saturated heterocycles. The highest BCUT2D eigenvalue weighted by Crippen LogP contribution is 2.25. The van der Waals surface area contributed by atoms with Crippen molar-refractivity contribution in [3.63, 3.8) is 0 Å². The van der Waals surface area contributed by atoms with Gasteiger partial charge < -0.3 is 15.1 Å². The number of nitrogens with one attached hydrogen (secondary N) is 1. The molecule has 1 fully saturated rings. The first-order valence-electron chi connectivity index (χ1n) is 10.2. The zero-order valence-electron chi connectivity index (χ0n) is 17.4. The van der Waals surface area contributed by atoms with Gasteiger partial charge in [-0.05, 0) is 55.3 Å². The van der Waals surface area contributed by atoms with Crippen LogP contribution in [0.1, 0.15) is 52.6 Å². The van der Waals surface area contributed by atoms with Gasteiger partial charge in [0.2, 0.25) is 0 Å². The van der Waals surface area contributed by atoms with Crippen molar-refractivity contribution >= 4 is 24.2 Å². The second-order valence-corrected chi connectivity index (χ2v) is 7.24. The van der Waals surface area contributed by atoms with E-state index in [1.165, 1.54) is 12.1 Å². The minimum absolute atomic E-state index is 0. The molecule has 0 spiro atoms. The minimum Gasteiger partial charge on any atom is -0.339 e. The summed E-state index contributed by atoms with van der Waals surface area (Å²) in [5, 5.41) is 3.28. The number of halogens is 2. The van der Waals surface area contributed by atoms with Gasteiger partial charge in [0.1, 0.15) is 5.82 Å². The van der Waals surface area contributed by atoms with Gasteiger partial charge in [-0.15, -0.1) is 12.4 Å². The van der Waals surface area contributed by atoms with Gasteiger partial charge in [-0.25, -0.2) is 4.39 Å². The summed E-state index contributed by atoms with van der Waals surface area (Å²) in [6.07, 6.45) is 0.903. The predicted molar refractivity (Wildman–Crippen MR) is 119 cm³/mol. The Hall–Kier alpha value is -2.44. The molecule has 2 amide bonds. The number of hydrogen-bond acceptors (Lipinski definition) is 3. The number of hydrogen-bond donors (Lipinski definition) is 1. The van der Waals surface area contributed by atoms with Crippen LogP contribution >= 0.6 is 12.4 Å². The van der Waals surface area contributed by atoms with Gasteiger partial charge >= 0.3 is 0 Å². The summed E-state index contributed by atoms with van der Waals surface area (Å²) in [4.78, 5) is 29.3. The molecule has 3 rings (SSSR count). The average molecular weight is 434 g/mol. The van der Waals surface area contributed by atoms with E-state index < -0.39 is 0 Å². The van der Waals surface area contributed by atoms with Crippen molar-refractivity contribution in [2.24, 2.45) is 0 Å². The lowest BCUT2D eigenvalue weighted by molar-refractivity contribution is 0.0633. The molecular weight excluding hydrogens is 405 g/mol.